The predicted molar refractivity (Wildman–Crippen MR) is 124 cm³/mol. The molecule has 144 valence electrons. The van der Waals surface area contributed by atoms with Gasteiger partial charge in [-0.1, -0.05) is 32.0 Å². The third-order valence-corrected chi connectivity index (χ3v) is 5.20. The molecule has 1 atom stereocenters. The van der Waals surface area contributed by atoms with E-state index < -0.39 is 0 Å². The zero-order chi connectivity index (χ0) is 18.2. The van der Waals surface area contributed by atoms with Crippen molar-refractivity contribution in [1.29, 1.82) is 0 Å². The lowest BCUT2D eigenvalue weighted by Gasteiger charge is -2.25. The van der Waals surface area contributed by atoms with Crippen LogP contribution in [0.3, 0.4) is 0 Å². The zero-order valence-corrected chi connectivity index (χ0v) is 19.3. The van der Waals surface area contributed by atoms with Gasteiger partial charge < -0.3 is 16.0 Å². The second kappa shape index (κ2) is 11.4. The largest absolute Gasteiger partial charge is 0.380 e. The maximum absolute atomic E-state index is 4.56. The van der Waals surface area contributed by atoms with Crippen LogP contribution in [0.15, 0.2) is 35.3 Å². The molecule has 0 saturated heterocycles. The quantitative estimate of drug-likeness (QED) is 0.312. The van der Waals surface area contributed by atoms with Gasteiger partial charge in [0.25, 0.3) is 0 Å². The first kappa shape index (κ1) is 22.7. The van der Waals surface area contributed by atoms with E-state index in [0.29, 0.717) is 18.5 Å². The van der Waals surface area contributed by atoms with Crippen LogP contribution in [0.5, 0.6) is 0 Å². The molecule has 0 spiro atoms. The minimum atomic E-state index is 0. The second-order valence-corrected chi connectivity index (χ2v) is 7.70. The van der Waals surface area contributed by atoms with Crippen LogP contribution in [0, 0.1) is 19.8 Å². The van der Waals surface area contributed by atoms with Crippen LogP contribution in [-0.2, 0) is 6.54 Å². The van der Waals surface area contributed by atoms with Crippen molar-refractivity contribution in [3.05, 3.63) is 45.9 Å². The molecule has 1 unspecified atom stereocenters. The minimum Gasteiger partial charge on any atom is -0.380 e. The van der Waals surface area contributed by atoms with E-state index in [0.717, 1.165) is 28.9 Å². The molecular formula is C19H30IN5S. The first-order chi connectivity index (χ1) is 12.0. The number of rotatable bonds is 7. The molecule has 0 saturated carbocycles. The van der Waals surface area contributed by atoms with Gasteiger partial charge in [0.1, 0.15) is 5.01 Å². The molecule has 0 amide bonds. The van der Waals surface area contributed by atoms with Gasteiger partial charge in [-0.2, -0.15) is 0 Å². The van der Waals surface area contributed by atoms with Crippen molar-refractivity contribution in [2.75, 3.05) is 18.9 Å². The minimum absolute atomic E-state index is 0. The number of hydrogen-bond acceptors (Lipinski definition) is 4. The molecular weight excluding hydrogens is 457 g/mol. The van der Waals surface area contributed by atoms with E-state index in [9.17, 15) is 0 Å². The van der Waals surface area contributed by atoms with Crippen molar-refractivity contribution < 1.29 is 0 Å². The number of aliphatic imine (C=N–C) groups is 1. The Morgan fingerprint density at radius 2 is 1.85 bits per heavy atom. The fraction of sp³-hybridized carbons (Fsp3) is 0.474. The van der Waals surface area contributed by atoms with Crippen molar-refractivity contribution in [1.82, 2.24) is 15.6 Å². The molecule has 3 N–H and O–H groups in total. The number of para-hydroxylation sites is 1. The molecule has 7 heteroatoms. The number of aryl methyl sites for hydroxylation is 2. The molecule has 0 radical (unpaired) electrons. The van der Waals surface area contributed by atoms with Gasteiger partial charge in [0.2, 0.25) is 0 Å². The van der Waals surface area contributed by atoms with Gasteiger partial charge in [0, 0.05) is 30.2 Å². The Morgan fingerprint density at radius 1 is 1.15 bits per heavy atom. The summed E-state index contributed by atoms with van der Waals surface area (Å²) in [4.78, 5) is 10.1. The van der Waals surface area contributed by atoms with Crippen molar-refractivity contribution in [3.8, 4) is 0 Å². The van der Waals surface area contributed by atoms with Gasteiger partial charge in [0.05, 0.1) is 12.2 Å². The normalized spacial score (nSPS) is 12.5. The van der Waals surface area contributed by atoms with Crippen LogP contribution >= 0.6 is 35.3 Å². The molecule has 0 aliphatic heterocycles. The molecule has 2 aromatic rings. The summed E-state index contributed by atoms with van der Waals surface area (Å²) in [5.41, 5.74) is 2.25. The molecule has 2 rings (SSSR count). The van der Waals surface area contributed by atoms with Gasteiger partial charge in [-0.25, -0.2) is 4.98 Å². The lowest BCUT2D eigenvalue weighted by atomic mass is 10.0. The number of halogens is 1. The SMILES string of the molecule is CN=C(NCc1nc(C)c(C)s1)NCC(Nc1ccccc1)C(C)C.I. The smallest absolute Gasteiger partial charge is 0.191 e. The van der Waals surface area contributed by atoms with Crippen LogP contribution in [-0.4, -0.2) is 30.6 Å². The van der Waals surface area contributed by atoms with Gasteiger partial charge >= 0.3 is 0 Å². The fourth-order valence-electron chi connectivity index (χ4n) is 2.40. The lowest BCUT2D eigenvalue weighted by Crippen LogP contribution is -2.44. The van der Waals surface area contributed by atoms with E-state index in [1.54, 1.807) is 18.4 Å². The number of nitrogens with zero attached hydrogens (tertiary/aromatic N) is 2. The highest BCUT2D eigenvalue weighted by molar-refractivity contribution is 14.0. The van der Waals surface area contributed by atoms with Crippen molar-refractivity contribution >= 4 is 47.0 Å². The molecule has 5 nitrogen and oxygen atoms in total. The van der Waals surface area contributed by atoms with Gasteiger partial charge in [-0.15, -0.1) is 35.3 Å². The van der Waals surface area contributed by atoms with E-state index >= 15 is 0 Å². The number of anilines is 1. The van der Waals surface area contributed by atoms with Crippen molar-refractivity contribution in [2.45, 2.75) is 40.3 Å². The fourth-order valence-corrected chi connectivity index (χ4v) is 3.28. The average Bonchev–Trinajstić information content (AvgIpc) is 2.92. The summed E-state index contributed by atoms with van der Waals surface area (Å²) in [6.07, 6.45) is 0. The van der Waals surface area contributed by atoms with Crippen LogP contribution in [0.25, 0.3) is 0 Å². The van der Waals surface area contributed by atoms with E-state index in [1.807, 2.05) is 25.1 Å². The number of aromatic nitrogens is 1. The number of nitrogens with one attached hydrogen (secondary N) is 3. The van der Waals surface area contributed by atoms with Crippen molar-refractivity contribution in [2.24, 2.45) is 10.9 Å². The molecule has 0 bridgehead atoms. The molecule has 0 aliphatic rings. The van der Waals surface area contributed by atoms with Crippen LogP contribution in [0.1, 0.15) is 29.4 Å². The Balaban J connectivity index is 0.00000338. The second-order valence-electron chi connectivity index (χ2n) is 6.42. The predicted octanol–water partition coefficient (Wildman–Crippen LogP) is 4.18. The molecule has 1 aromatic carbocycles. The van der Waals surface area contributed by atoms with E-state index in [4.69, 9.17) is 0 Å². The Kier molecular flexibility index (Phi) is 9.93. The topological polar surface area (TPSA) is 61.3 Å². The molecule has 26 heavy (non-hydrogen) atoms. The summed E-state index contributed by atoms with van der Waals surface area (Å²) < 4.78 is 0. The van der Waals surface area contributed by atoms with E-state index in [-0.39, 0.29) is 24.0 Å². The summed E-state index contributed by atoms with van der Waals surface area (Å²) >= 11 is 1.73. The average molecular weight is 487 g/mol. The monoisotopic (exact) mass is 487 g/mol. The van der Waals surface area contributed by atoms with Gasteiger partial charge in [0.15, 0.2) is 5.96 Å². The number of hydrogen-bond donors (Lipinski definition) is 3. The highest BCUT2D eigenvalue weighted by Gasteiger charge is 2.14. The zero-order valence-electron chi connectivity index (χ0n) is 16.2. The van der Waals surface area contributed by atoms with Gasteiger partial charge in [-0.05, 0) is 31.9 Å². The summed E-state index contributed by atoms with van der Waals surface area (Å²) in [6.45, 7) is 10.1. The molecule has 0 fully saturated rings. The van der Waals surface area contributed by atoms with Crippen molar-refractivity contribution in [3.63, 3.8) is 0 Å². The third-order valence-electron chi connectivity index (χ3n) is 4.12. The lowest BCUT2D eigenvalue weighted by molar-refractivity contribution is 0.512. The summed E-state index contributed by atoms with van der Waals surface area (Å²) in [6, 6.07) is 10.6. The highest BCUT2D eigenvalue weighted by atomic mass is 127. The summed E-state index contributed by atoms with van der Waals surface area (Å²) in [5, 5.41) is 11.4. The number of benzene rings is 1. The van der Waals surface area contributed by atoms with Crippen LogP contribution in [0.2, 0.25) is 0 Å². The maximum atomic E-state index is 4.56. The number of thiazole rings is 1. The Labute approximate surface area is 178 Å². The maximum Gasteiger partial charge on any atom is 0.191 e. The van der Waals surface area contributed by atoms with Crippen LogP contribution < -0.4 is 16.0 Å². The standard InChI is InChI=1S/C19H29N5S.HI/c1-13(2)17(24-16-9-7-6-8-10-16)11-21-19(20-5)22-12-18-23-14(3)15(4)25-18;/h6-10,13,17,24H,11-12H2,1-5H3,(H2,20,21,22);1H. The van der Waals surface area contributed by atoms with Crippen LogP contribution in [0.4, 0.5) is 5.69 Å². The first-order valence-corrected chi connectivity index (χ1v) is 9.50. The third kappa shape index (κ3) is 7.11. The Morgan fingerprint density at radius 3 is 2.38 bits per heavy atom. The summed E-state index contributed by atoms with van der Waals surface area (Å²) in [7, 11) is 1.79. The highest BCUT2D eigenvalue weighted by Crippen LogP contribution is 2.16. The van der Waals surface area contributed by atoms with E-state index in [2.05, 4.69) is 58.8 Å². The first-order valence-electron chi connectivity index (χ1n) is 8.68. The Hall–Kier alpha value is -1.35. The number of guanidine groups is 1. The van der Waals surface area contributed by atoms with E-state index in [1.165, 1.54) is 4.88 Å². The molecule has 0 aliphatic carbocycles. The Bertz CT molecular complexity index is 665. The summed E-state index contributed by atoms with van der Waals surface area (Å²) in [5.74, 6) is 1.29. The molecule has 1 aromatic heterocycles. The van der Waals surface area contributed by atoms with Gasteiger partial charge in [-0.3, -0.25) is 4.99 Å². The molecule has 1 heterocycles.